The summed E-state index contributed by atoms with van der Waals surface area (Å²) in [7, 11) is 0. The Hall–Kier alpha value is -2.16. The molecule has 0 amide bonds. The topological polar surface area (TPSA) is 30.7 Å². The Balaban J connectivity index is 1.92. The highest BCUT2D eigenvalue weighted by atomic mass is 15.2. The molecule has 1 aliphatic heterocycles. The first-order valence-corrected chi connectivity index (χ1v) is 11.2. The van der Waals surface area contributed by atoms with Crippen molar-refractivity contribution in [3.63, 3.8) is 0 Å². The third-order valence-corrected chi connectivity index (χ3v) is 9.99. The van der Waals surface area contributed by atoms with E-state index in [1.807, 2.05) is 12.3 Å². The van der Waals surface area contributed by atoms with Crippen LogP contribution in [0.25, 0.3) is 22.4 Å². The van der Waals surface area contributed by atoms with Gasteiger partial charge in [0.25, 0.3) is 0 Å². The van der Waals surface area contributed by atoms with Crippen LogP contribution < -0.4 is 0 Å². The molecule has 0 saturated carbocycles. The molecular formula is C27H35N3. The van der Waals surface area contributed by atoms with E-state index in [1.165, 1.54) is 16.6 Å². The number of benzene rings is 1. The molecule has 2 aliphatic rings. The van der Waals surface area contributed by atoms with Crippen LogP contribution in [-0.4, -0.2) is 14.5 Å². The zero-order valence-corrected chi connectivity index (χ0v) is 20.2. The number of rotatable bonds is 0. The average molecular weight is 402 g/mol. The molecule has 5 rings (SSSR count). The van der Waals surface area contributed by atoms with Crippen LogP contribution in [0.4, 0.5) is 0 Å². The van der Waals surface area contributed by atoms with Gasteiger partial charge in [0.1, 0.15) is 5.82 Å². The number of nitrogens with zero attached hydrogens (tertiary/aromatic N) is 3. The molecule has 30 heavy (non-hydrogen) atoms. The lowest BCUT2D eigenvalue weighted by Gasteiger charge is -2.47. The zero-order chi connectivity index (χ0) is 22.1. The SMILES string of the molecule is CC1(C)c2ncccc2-c2nc3cc4c(cc3n2C1(C)C)C(C)(C)C(C)(C)C4(C)C. The van der Waals surface area contributed by atoms with Gasteiger partial charge in [0.15, 0.2) is 0 Å². The third-order valence-electron chi connectivity index (χ3n) is 9.99. The Morgan fingerprint density at radius 3 is 2.00 bits per heavy atom. The Bertz CT molecular complexity index is 1220. The second-order valence-electron chi connectivity index (χ2n) is 12.1. The molecule has 0 spiro atoms. The Labute approximate surface area is 180 Å². The molecule has 1 aliphatic carbocycles. The fraction of sp³-hybridized carbons (Fsp3) is 0.556. The van der Waals surface area contributed by atoms with E-state index in [2.05, 4.69) is 92.0 Å². The van der Waals surface area contributed by atoms with Crippen molar-refractivity contribution >= 4 is 11.0 Å². The molecule has 0 unspecified atom stereocenters. The minimum atomic E-state index is -0.152. The summed E-state index contributed by atoms with van der Waals surface area (Å²) in [5, 5.41) is 0. The van der Waals surface area contributed by atoms with Crippen LogP contribution in [0.1, 0.15) is 86.1 Å². The highest BCUT2D eigenvalue weighted by Crippen LogP contribution is 2.62. The number of fused-ring (bicyclic) bond motifs is 6. The summed E-state index contributed by atoms with van der Waals surface area (Å²) in [4.78, 5) is 10.0. The molecule has 0 fully saturated rings. The van der Waals surface area contributed by atoms with Crippen LogP contribution in [0.5, 0.6) is 0 Å². The Morgan fingerprint density at radius 2 is 1.37 bits per heavy atom. The molecule has 158 valence electrons. The van der Waals surface area contributed by atoms with Gasteiger partial charge in [-0.15, -0.1) is 0 Å². The first kappa shape index (κ1) is 19.8. The van der Waals surface area contributed by atoms with E-state index in [4.69, 9.17) is 9.97 Å². The fourth-order valence-electron chi connectivity index (χ4n) is 6.01. The maximum atomic E-state index is 5.22. The van der Waals surface area contributed by atoms with E-state index in [9.17, 15) is 0 Å². The smallest absolute Gasteiger partial charge is 0.143 e. The fourth-order valence-corrected chi connectivity index (χ4v) is 6.01. The molecule has 3 heterocycles. The van der Waals surface area contributed by atoms with Gasteiger partial charge in [-0.1, -0.05) is 55.4 Å². The van der Waals surface area contributed by atoms with Crippen molar-refractivity contribution in [2.45, 2.75) is 91.0 Å². The van der Waals surface area contributed by atoms with Crippen LogP contribution in [0.3, 0.4) is 0 Å². The van der Waals surface area contributed by atoms with Gasteiger partial charge in [-0.25, -0.2) is 4.98 Å². The lowest BCUT2D eigenvalue weighted by Crippen LogP contribution is -2.48. The van der Waals surface area contributed by atoms with Crippen molar-refractivity contribution in [2.75, 3.05) is 0 Å². The standard InChI is InChI=1S/C27H35N3/c1-23(2)17-14-19-20(15-18(17)24(3,4)26(23,7)8)30-22(29-19)16-12-11-13-28-21(16)25(5,6)27(30,9)10/h11-15H,1-10H3. The Morgan fingerprint density at radius 1 is 0.767 bits per heavy atom. The predicted octanol–water partition coefficient (Wildman–Crippen LogP) is 6.72. The Kier molecular flexibility index (Phi) is 3.41. The summed E-state index contributed by atoms with van der Waals surface area (Å²) >= 11 is 0. The minimum Gasteiger partial charge on any atom is -0.317 e. The number of hydrogen-bond acceptors (Lipinski definition) is 2. The molecule has 0 radical (unpaired) electrons. The number of pyridine rings is 1. The van der Waals surface area contributed by atoms with Gasteiger partial charge in [-0.3, -0.25) is 4.98 Å². The molecule has 0 atom stereocenters. The lowest BCUT2D eigenvalue weighted by atomic mass is 9.59. The molecule has 0 N–H and O–H groups in total. The number of aromatic nitrogens is 3. The highest BCUT2D eigenvalue weighted by Gasteiger charge is 2.57. The third kappa shape index (κ3) is 1.89. The van der Waals surface area contributed by atoms with E-state index in [1.54, 1.807) is 0 Å². The summed E-state index contributed by atoms with van der Waals surface area (Å²) in [5.74, 6) is 1.05. The summed E-state index contributed by atoms with van der Waals surface area (Å²) in [6.45, 7) is 23.8. The zero-order valence-electron chi connectivity index (χ0n) is 20.2. The normalized spacial score (nSPS) is 23.7. The molecule has 3 aromatic rings. The quantitative estimate of drug-likeness (QED) is 0.418. The van der Waals surface area contributed by atoms with Crippen molar-refractivity contribution in [3.05, 3.63) is 47.3 Å². The summed E-state index contributed by atoms with van der Waals surface area (Å²) in [5.41, 5.74) is 7.63. The molecule has 2 aromatic heterocycles. The average Bonchev–Trinajstić information content (AvgIpc) is 3.08. The van der Waals surface area contributed by atoms with Crippen molar-refractivity contribution < 1.29 is 0 Å². The van der Waals surface area contributed by atoms with Crippen LogP contribution in [0.2, 0.25) is 0 Å². The van der Waals surface area contributed by atoms with E-state index in [0.717, 1.165) is 22.6 Å². The second kappa shape index (κ2) is 5.18. The van der Waals surface area contributed by atoms with Crippen molar-refractivity contribution in [3.8, 4) is 11.4 Å². The van der Waals surface area contributed by atoms with Gasteiger partial charge < -0.3 is 4.57 Å². The maximum Gasteiger partial charge on any atom is 0.143 e. The van der Waals surface area contributed by atoms with E-state index in [0.29, 0.717) is 0 Å². The monoisotopic (exact) mass is 401 g/mol. The largest absolute Gasteiger partial charge is 0.317 e. The van der Waals surface area contributed by atoms with E-state index < -0.39 is 0 Å². The summed E-state index contributed by atoms with van der Waals surface area (Å²) in [6.07, 6.45) is 1.91. The van der Waals surface area contributed by atoms with Crippen LogP contribution in [0.15, 0.2) is 30.5 Å². The van der Waals surface area contributed by atoms with Gasteiger partial charge in [0.05, 0.1) is 22.3 Å². The van der Waals surface area contributed by atoms with Crippen molar-refractivity contribution in [1.82, 2.24) is 14.5 Å². The lowest BCUT2D eigenvalue weighted by molar-refractivity contribution is 0.125. The molecule has 3 nitrogen and oxygen atoms in total. The molecule has 0 saturated heterocycles. The van der Waals surface area contributed by atoms with Crippen LogP contribution in [0, 0.1) is 5.41 Å². The molecular weight excluding hydrogens is 366 g/mol. The first-order chi connectivity index (χ1) is 13.7. The van der Waals surface area contributed by atoms with Crippen molar-refractivity contribution in [2.24, 2.45) is 5.41 Å². The van der Waals surface area contributed by atoms with E-state index in [-0.39, 0.29) is 27.2 Å². The van der Waals surface area contributed by atoms with Gasteiger partial charge in [0.2, 0.25) is 0 Å². The van der Waals surface area contributed by atoms with Crippen molar-refractivity contribution in [1.29, 1.82) is 0 Å². The summed E-state index contributed by atoms with van der Waals surface area (Å²) in [6, 6.07) is 9.05. The van der Waals surface area contributed by atoms with Crippen LogP contribution in [-0.2, 0) is 21.8 Å². The van der Waals surface area contributed by atoms with Gasteiger partial charge in [-0.05, 0) is 65.5 Å². The predicted molar refractivity (Wildman–Crippen MR) is 125 cm³/mol. The highest BCUT2D eigenvalue weighted by molar-refractivity contribution is 5.85. The maximum absolute atomic E-state index is 5.22. The number of imidazole rings is 1. The van der Waals surface area contributed by atoms with Gasteiger partial charge >= 0.3 is 0 Å². The number of hydrogen-bond donors (Lipinski definition) is 0. The minimum absolute atomic E-state index is 0.0817. The van der Waals surface area contributed by atoms with Gasteiger partial charge in [0, 0.05) is 17.2 Å². The van der Waals surface area contributed by atoms with Gasteiger partial charge in [-0.2, -0.15) is 0 Å². The van der Waals surface area contributed by atoms with E-state index >= 15 is 0 Å². The molecule has 3 heteroatoms. The second-order valence-corrected chi connectivity index (χ2v) is 12.1. The summed E-state index contributed by atoms with van der Waals surface area (Å²) < 4.78 is 2.49. The molecule has 0 bridgehead atoms. The van der Waals surface area contributed by atoms with Crippen LogP contribution >= 0.6 is 0 Å². The first-order valence-electron chi connectivity index (χ1n) is 11.2. The molecule has 1 aromatic carbocycles.